The van der Waals surface area contributed by atoms with Crippen LogP contribution in [0.4, 0.5) is 0 Å². The zero-order chi connectivity index (χ0) is 12.4. The van der Waals surface area contributed by atoms with E-state index in [4.69, 9.17) is 4.52 Å². The molecule has 0 amide bonds. The minimum atomic E-state index is 0. The molecule has 5 nitrogen and oxygen atoms in total. The van der Waals surface area contributed by atoms with Crippen LogP contribution in [0.5, 0.6) is 0 Å². The van der Waals surface area contributed by atoms with Crippen LogP contribution in [0.1, 0.15) is 37.0 Å². The first kappa shape index (κ1) is 14.5. The van der Waals surface area contributed by atoms with Gasteiger partial charge in [-0.05, 0) is 31.9 Å². The van der Waals surface area contributed by atoms with Gasteiger partial charge in [0.2, 0.25) is 5.89 Å². The van der Waals surface area contributed by atoms with Crippen molar-refractivity contribution in [2.75, 3.05) is 26.7 Å². The van der Waals surface area contributed by atoms with Gasteiger partial charge in [0.1, 0.15) is 0 Å². The minimum absolute atomic E-state index is 0. The highest BCUT2D eigenvalue weighted by Crippen LogP contribution is 2.28. The van der Waals surface area contributed by atoms with E-state index in [9.17, 15) is 0 Å². The highest BCUT2D eigenvalue weighted by Gasteiger charge is 2.24. The van der Waals surface area contributed by atoms with Gasteiger partial charge < -0.3 is 9.84 Å². The Labute approximate surface area is 119 Å². The number of aromatic nitrogens is 2. The molecule has 2 aliphatic rings. The smallest absolute Gasteiger partial charge is 0.250 e. The molecule has 1 aromatic rings. The topological polar surface area (TPSA) is 54.2 Å². The zero-order valence-electron chi connectivity index (χ0n) is 11.2. The van der Waals surface area contributed by atoms with E-state index < -0.39 is 0 Å². The molecule has 1 saturated heterocycles. The highest BCUT2D eigenvalue weighted by molar-refractivity contribution is 5.85. The molecule has 0 bridgehead atoms. The van der Waals surface area contributed by atoms with E-state index in [1.165, 1.54) is 19.3 Å². The van der Waals surface area contributed by atoms with Crippen molar-refractivity contribution in [1.82, 2.24) is 20.4 Å². The van der Waals surface area contributed by atoms with E-state index in [2.05, 4.69) is 33.5 Å². The van der Waals surface area contributed by atoms with Gasteiger partial charge in [0.15, 0.2) is 5.82 Å². The van der Waals surface area contributed by atoms with Gasteiger partial charge in [0, 0.05) is 19.6 Å². The molecule has 1 unspecified atom stereocenters. The Morgan fingerprint density at radius 1 is 1.42 bits per heavy atom. The van der Waals surface area contributed by atoms with E-state index in [0.717, 1.165) is 31.4 Å². The normalized spacial score (nSPS) is 25.2. The summed E-state index contributed by atoms with van der Waals surface area (Å²) in [5, 5.41) is 7.45. The largest absolute Gasteiger partial charge is 0.335 e. The first-order valence-electron chi connectivity index (χ1n) is 6.76. The Bertz CT molecular complexity index is 430. The first-order chi connectivity index (χ1) is 8.83. The lowest BCUT2D eigenvalue weighted by Gasteiger charge is -2.30. The van der Waals surface area contributed by atoms with Crippen molar-refractivity contribution in [3.8, 4) is 0 Å². The fraction of sp³-hybridized carbons (Fsp3) is 0.692. The molecule has 2 heterocycles. The number of hydrogen-bond donors (Lipinski definition) is 1. The maximum Gasteiger partial charge on any atom is 0.250 e. The van der Waals surface area contributed by atoms with E-state index >= 15 is 0 Å². The number of likely N-dealkylation sites (N-methyl/N-ethyl adjacent to an activating group) is 1. The van der Waals surface area contributed by atoms with Crippen molar-refractivity contribution in [3.05, 3.63) is 17.8 Å². The number of nitrogens with one attached hydrogen (secondary N) is 1. The summed E-state index contributed by atoms with van der Waals surface area (Å²) in [6, 6.07) is 0.230. The molecule has 1 aromatic heterocycles. The Balaban J connectivity index is 0.00000133. The number of nitrogens with zero attached hydrogens (tertiary/aromatic N) is 3. The molecule has 1 aliphatic carbocycles. The summed E-state index contributed by atoms with van der Waals surface area (Å²) in [4.78, 5) is 6.73. The van der Waals surface area contributed by atoms with E-state index in [-0.39, 0.29) is 18.4 Å². The van der Waals surface area contributed by atoms with E-state index in [1.54, 1.807) is 0 Å². The molecule has 1 aliphatic heterocycles. The lowest BCUT2D eigenvalue weighted by Crippen LogP contribution is -2.44. The molecule has 6 heteroatoms. The lowest BCUT2D eigenvalue weighted by molar-refractivity contribution is 0.190. The number of rotatable bonds is 3. The standard InChI is InChI=1S/C13H20N4O.ClH/c1-17-8-7-14-9-11(17)13-15-12(18-16-13)6-5-10-3-2-4-10;/h5-6,10-11,14H,2-4,7-9H2,1H3;1H/b6-5+;. The van der Waals surface area contributed by atoms with E-state index in [1.807, 2.05) is 6.08 Å². The third-order valence-electron chi connectivity index (χ3n) is 3.93. The van der Waals surface area contributed by atoms with Gasteiger partial charge in [0.05, 0.1) is 6.04 Å². The summed E-state index contributed by atoms with van der Waals surface area (Å²) in [5.74, 6) is 2.15. The van der Waals surface area contributed by atoms with Gasteiger partial charge in [-0.15, -0.1) is 12.4 Å². The molecule has 3 rings (SSSR count). The van der Waals surface area contributed by atoms with Crippen LogP contribution in [0, 0.1) is 5.92 Å². The zero-order valence-corrected chi connectivity index (χ0v) is 12.0. The average molecular weight is 285 g/mol. The molecule has 1 atom stereocenters. The Morgan fingerprint density at radius 2 is 2.26 bits per heavy atom. The molecule has 1 saturated carbocycles. The summed E-state index contributed by atoms with van der Waals surface area (Å²) < 4.78 is 5.28. The number of hydrogen-bond acceptors (Lipinski definition) is 5. The second-order valence-electron chi connectivity index (χ2n) is 5.24. The molecule has 2 fully saturated rings. The second kappa shape index (κ2) is 6.50. The number of halogens is 1. The van der Waals surface area contributed by atoms with E-state index in [0.29, 0.717) is 5.89 Å². The molecule has 1 N–H and O–H groups in total. The molecular weight excluding hydrogens is 264 g/mol. The van der Waals surface area contributed by atoms with Crippen molar-refractivity contribution in [2.45, 2.75) is 25.3 Å². The minimum Gasteiger partial charge on any atom is -0.335 e. The Morgan fingerprint density at radius 3 is 2.95 bits per heavy atom. The van der Waals surface area contributed by atoms with Gasteiger partial charge in [-0.3, -0.25) is 4.90 Å². The lowest BCUT2D eigenvalue weighted by atomic mass is 9.85. The van der Waals surface area contributed by atoms with Crippen LogP contribution in [0.25, 0.3) is 6.08 Å². The third kappa shape index (κ3) is 3.35. The summed E-state index contributed by atoms with van der Waals surface area (Å²) in [5.41, 5.74) is 0. The van der Waals surface area contributed by atoms with Gasteiger partial charge in [0.25, 0.3) is 0 Å². The van der Waals surface area contributed by atoms with Gasteiger partial charge in [-0.25, -0.2) is 0 Å². The van der Waals surface area contributed by atoms with Crippen molar-refractivity contribution in [1.29, 1.82) is 0 Å². The van der Waals surface area contributed by atoms with Gasteiger partial charge in [-0.1, -0.05) is 17.7 Å². The number of allylic oxidation sites excluding steroid dienone is 1. The monoisotopic (exact) mass is 284 g/mol. The quantitative estimate of drug-likeness (QED) is 0.918. The second-order valence-corrected chi connectivity index (χ2v) is 5.24. The third-order valence-corrected chi connectivity index (χ3v) is 3.93. The maximum atomic E-state index is 5.28. The average Bonchev–Trinajstić information content (AvgIpc) is 2.76. The van der Waals surface area contributed by atoms with Crippen molar-refractivity contribution >= 4 is 18.5 Å². The predicted molar refractivity (Wildman–Crippen MR) is 76.2 cm³/mol. The summed E-state index contributed by atoms with van der Waals surface area (Å²) in [6.07, 6.45) is 8.11. The van der Waals surface area contributed by atoms with Crippen LogP contribution in [0.15, 0.2) is 10.6 Å². The molecule has 0 aromatic carbocycles. The van der Waals surface area contributed by atoms with Crippen molar-refractivity contribution in [2.24, 2.45) is 5.92 Å². The van der Waals surface area contributed by atoms with Crippen LogP contribution in [-0.4, -0.2) is 41.7 Å². The first-order valence-corrected chi connectivity index (χ1v) is 6.76. The summed E-state index contributed by atoms with van der Waals surface area (Å²) in [7, 11) is 2.10. The van der Waals surface area contributed by atoms with Crippen LogP contribution in [-0.2, 0) is 0 Å². The SMILES string of the molecule is CN1CCNCC1c1noc(/C=C/C2CCC2)n1.Cl. The van der Waals surface area contributed by atoms with Crippen LogP contribution < -0.4 is 5.32 Å². The fourth-order valence-corrected chi connectivity index (χ4v) is 2.40. The molecule has 106 valence electrons. The summed E-state index contributed by atoms with van der Waals surface area (Å²) >= 11 is 0. The Kier molecular flexibility index (Phi) is 4.96. The summed E-state index contributed by atoms with van der Waals surface area (Å²) in [6.45, 7) is 2.94. The Hall–Kier alpha value is -0.910. The van der Waals surface area contributed by atoms with Gasteiger partial charge >= 0.3 is 0 Å². The number of piperazine rings is 1. The van der Waals surface area contributed by atoms with Crippen molar-refractivity contribution in [3.63, 3.8) is 0 Å². The van der Waals surface area contributed by atoms with Crippen LogP contribution >= 0.6 is 12.4 Å². The predicted octanol–water partition coefficient (Wildman–Crippen LogP) is 1.88. The fourth-order valence-electron chi connectivity index (χ4n) is 2.40. The molecule has 0 radical (unpaired) electrons. The maximum absolute atomic E-state index is 5.28. The molecule has 0 spiro atoms. The van der Waals surface area contributed by atoms with Crippen LogP contribution in [0.3, 0.4) is 0 Å². The molecule has 19 heavy (non-hydrogen) atoms. The van der Waals surface area contributed by atoms with Crippen LogP contribution in [0.2, 0.25) is 0 Å². The molecular formula is C13H21ClN4O. The van der Waals surface area contributed by atoms with Gasteiger partial charge in [-0.2, -0.15) is 4.98 Å². The van der Waals surface area contributed by atoms with Crippen molar-refractivity contribution < 1.29 is 4.52 Å². The highest BCUT2D eigenvalue weighted by atomic mass is 35.5.